The lowest BCUT2D eigenvalue weighted by molar-refractivity contribution is 0.577. The van der Waals surface area contributed by atoms with E-state index in [4.69, 9.17) is 0 Å². The topological polar surface area (TPSA) is 34.1 Å². The SMILES string of the molecule is CC(CCc1ccccc1)S(=O)(=O)c1ccccc1. The molecule has 1 atom stereocenters. The Balaban J connectivity index is 2.06. The summed E-state index contributed by atoms with van der Waals surface area (Å²) in [4.78, 5) is 0.413. The third-order valence-electron chi connectivity index (χ3n) is 3.28. The van der Waals surface area contributed by atoms with Crippen molar-refractivity contribution >= 4 is 9.84 Å². The summed E-state index contributed by atoms with van der Waals surface area (Å²) >= 11 is 0. The maximum Gasteiger partial charge on any atom is 0.180 e. The number of aryl methyl sites for hydroxylation is 1. The molecule has 2 aromatic carbocycles. The van der Waals surface area contributed by atoms with Crippen LogP contribution in [-0.4, -0.2) is 13.7 Å². The summed E-state index contributed by atoms with van der Waals surface area (Å²) in [5.41, 5.74) is 1.18. The highest BCUT2D eigenvalue weighted by atomic mass is 32.2. The van der Waals surface area contributed by atoms with Gasteiger partial charge >= 0.3 is 0 Å². The van der Waals surface area contributed by atoms with Crippen molar-refractivity contribution in [1.29, 1.82) is 0 Å². The Morgan fingerprint density at radius 3 is 2.00 bits per heavy atom. The van der Waals surface area contributed by atoms with E-state index in [1.807, 2.05) is 36.4 Å². The van der Waals surface area contributed by atoms with Crippen LogP contribution in [0.4, 0.5) is 0 Å². The minimum absolute atomic E-state index is 0.366. The van der Waals surface area contributed by atoms with Gasteiger partial charge in [-0.2, -0.15) is 0 Å². The van der Waals surface area contributed by atoms with E-state index in [1.165, 1.54) is 5.56 Å². The molecule has 0 radical (unpaired) electrons. The molecule has 0 saturated heterocycles. The van der Waals surface area contributed by atoms with Crippen LogP contribution in [0.5, 0.6) is 0 Å². The van der Waals surface area contributed by atoms with E-state index in [0.29, 0.717) is 11.3 Å². The van der Waals surface area contributed by atoms with Crippen molar-refractivity contribution in [2.75, 3.05) is 0 Å². The first kappa shape index (κ1) is 13.8. The van der Waals surface area contributed by atoms with Crippen molar-refractivity contribution in [3.8, 4) is 0 Å². The molecular weight excluding hydrogens is 256 g/mol. The number of rotatable bonds is 5. The maximum absolute atomic E-state index is 12.4. The highest BCUT2D eigenvalue weighted by Gasteiger charge is 2.22. The molecule has 0 aromatic heterocycles. The molecule has 0 aliphatic carbocycles. The lowest BCUT2D eigenvalue weighted by Crippen LogP contribution is -2.18. The normalized spacial score (nSPS) is 13.1. The first-order valence-corrected chi connectivity index (χ1v) is 7.98. The van der Waals surface area contributed by atoms with E-state index in [0.717, 1.165) is 6.42 Å². The van der Waals surface area contributed by atoms with Gasteiger partial charge in [0.1, 0.15) is 0 Å². The summed E-state index contributed by atoms with van der Waals surface area (Å²) < 4.78 is 24.7. The fraction of sp³-hybridized carbons (Fsp3) is 0.250. The second-order valence-electron chi connectivity index (χ2n) is 4.69. The van der Waals surface area contributed by atoms with Crippen molar-refractivity contribution in [2.45, 2.75) is 29.9 Å². The number of sulfone groups is 1. The van der Waals surface area contributed by atoms with Crippen LogP contribution >= 0.6 is 0 Å². The lowest BCUT2D eigenvalue weighted by Gasteiger charge is -2.13. The Morgan fingerprint density at radius 2 is 1.42 bits per heavy atom. The second kappa shape index (κ2) is 6.02. The predicted octanol–water partition coefficient (Wildman–Crippen LogP) is 3.48. The Kier molecular flexibility index (Phi) is 4.38. The van der Waals surface area contributed by atoms with Crippen LogP contribution < -0.4 is 0 Å². The van der Waals surface area contributed by atoms with Gasteiger partial charge in [-0.25, -0.2) is 8.42 Å². The van der Waals surface area contributed by atoms with Gasteiger partial charge in [0.15, 0.2) is 9.84 Å². The van der Waals surface area contributed by atoms with Crippen LogP contribution in [0.3, 0.4) is 0 Å². The molecule has 0 fully saturated rings. The number of hydrogen-bond acceptors (Lipinski definition) is 2. The number of hydrogen-bond donors (Lipinski definition) is 0. The molecule has 0 aliphatic heterocycles. The minimum Gasteiger partial charge on any atom is -0.223 e. The predicted molar refractivity (Wildman–Crippen MR) is 77.9 cm³/mol. The molecule has 3 heteroatoms. The van der Waals surface area contributed by atoms with Gasteiger partial charge in [-0.3, -0.25) is 0 Å². The van der Waals surface area contributed by atoms with Crippen LogP contribution in [-0.2, 0) is 16.3 Å². The van der Waals surface area contributed by atoms with Gasteiger partial charge in [0.2, 0.25) is 0 Å². The average molecular weight is 274 g/mol. The van der Waals surface area contributed by atoms with Gasteiger partial charge in [0.05, 0.1) is 10.1 Å². The zero-order valence-corrected chi connectivity index (χ0v) is 11.8. The summed E-state index contributed by atoms with van der Waals surface area (Å²) in [6.45, 7) is 1.78. The van der Waals surface area contributed by atoms with Gasteiger partial charge in [0.25, 0.3) is 0 Å². The molecule has 2 aromatic rings. The fourth-order valence-electron chi connectivity index (χ4n) is 2.01. The molecule has 0 heterocycles. The molecule has 0 aliphatic rings. The van der Waals surface area contributed by atoms with E-state index in [2.05, 4.69) is 0 Å². The van der Waals surface area contributed by atoms with Crippen molar-refractivity contribution in [2.24, 2.45) is 0 Å². The van der Waals surface area contributed by atoms with Gasteiger partial charge in [-0.05, 0) is 37.5 Å². The smallest absolute Gasteiger partial charge is 0.180 e. The zero-order valence-electron chi connectivity index (χ0n) is 11.0. The summed E-state index contributed by atoms with van der Waals surface area (Å²) in [6.07, 6.45) is 1.43. The average Bonchev–Trinajstić information content (AvgIpc) is 2.46. The third-order valence-corrected chi connectivity index (χ3v) is 5.51. The minimum atomic E-state index is -3.21. The van der Waals surface area contributed by atoms with Crippen molar-refractivity contribution in [3.05, 3.63) is 66.2 Å². The molecule has 0 amide bonds. The summed E-state index contributed by atoms with van der Waals surface area (Å²) in [7, 11) is -3.21. The van der Waals surface area contributed by atoms with Crippen molar-refractivity contribution in [3.63, 3.8) is 0 Å². The zero-order chi connectivity index (χ0) is 13.7. The molecule has 2 rings (SSSR count). The third kappa shape index (κ3) is 3.44. The maximum atomic E-state index is 12.4. The van der Waals surface area contributed by atoms with E-state index in [9.17, 15) is 8.42 Å². The summed E-state index contributed by atoms with van der Waals surface area (Å²) in [5, 5.41) is -0.366. The Bertz CT molecular complexity index is 604. The Hall–Kier alpha value is -1.61. The highest BCUT2D eigenvalue weighted by molar-refractivity contribution is 7.92. The van der Waals surface area contributed by atoms with Crippen molar-refractivity contribution in [1.82, 2.24) is 0 Å². The first-order valence-electron chi connectivity index (χ1n) is 6.43. The van der Waals surface area contributed by atoms with Crippen LogP contribution in [0.15, 0.2) is 65.6 Å². The highest BCUT2D eigenvalue weighted by Crippen LogP contribution is 2.19. The number of benzene rings is 2. The molecule has 0 N–H and O–H groups in total. The van der Waals surface area contributed by atoms with Crippen LogP contribution in [0.25, 0.3) is 0 Å². The van der Waals surface area contributed by atoms with Crippen LogP contribution in [0.2, 0.25) is 0 Å². The molecule has 19 heavy (non-hydrogen) atoms. The van der Waals surface area contributed by atoms with Crippen LogP contribution in [0.1, 0.15) is 18.9 Å². The monoisotopic (exact) mass is 274 g/mol. The Labute approximate surface area is 115 Å². The summed E-state index contributed by atoms with van der Waals surface area (Å²) in [5.74, 6) is 0. The Morgan fingerprint density at radius 1 is 0.895 bits per heavy atom. The fourth-order valence-corrected chi connectivity index (χ4v) is 3.44. The van der Waals surface area contributed by atoms with E-state index in [1.54, 1.807) is 31.2 Å². The quantitative estimate of drug-likeness (QED) is 0.836. The van der Waals surface area contributed by atoms with E-state index < -0.39 is 9.84 Å². The van der Waals surface area contributed by atoms with Gasteiger partial charge in [-0.1, -0.05) is 48.5 Å². The largest absolute Gasteiger partial charge is 0.223 e. The molecule has 0 spiro atoms. The first-order chi connectivity index (χ1) is 9.10. The summed E-state index contributed by atoms with van der Waals surface area (Å²) in [6, 6.07) is 18.7. The molecule has 100 valence electrons. The molecular formula is C16H18O2S. The van der Waals surface area contributed by atoms with Gasteiger partial charge in [-0.15, -0.1) is 0 Å². The van der Waals surface area contributed by atoms with Gasteiger partial charge in [0, 0.05) is 0 Å². The standard InChI is InChI=1S/C16H18O2S/c1-14(12-13-15-8-4-2-5-9-15)19(17,18)16-10-6-3-7-11-16/h2-11,14H,12-13H2,1H3. The van der Waals surface area contributed by atoms with Gasteiger partial charge < -0.3 is 0 Å². The lowest BCUT2D eigenvalue weighted by atomic mass is 10.1. The molecule has 2 nitrogen and oxygen atoms in total. The van der Waals surface area contributed by atoms with E-state index in [-0.39, 0.29) is 5.25 Å². The molecule has 0 saturated carbocycles. The molecule has 1 unspecified atom stereocenters. The van der Waals surface area contributed by atoms with E-state index >= 15 is 0 Å². The van der Waals surface area contributed by atoms with Crippen LogP contribution in [0, 0.1) is 0 Å². The van der Waals surface area contributed by atoms with Crippen molar-refractivity contribution < 1.29 is 8.42 Å². The second-order valence-corrected chi connectivity index (χ2v) is 7.06. The molecule has 0 bridgehead atoms.